The Kier molecular flexibility index (Phi) is 3.38. The van der Waals surface area contributed by atoms with Gasteiger partial charge in [0.25, 0.3) is 0 Å². The van der Waals surface area contributed by atoms with E-state index in [1.54, 1.807) is 11.4 Å². The number of rotatable bonds is 4. The third-order valence-corrected chi connectivity index (χ3v) is 3.59. The molecule has 0 aliphatic carbocycles. The Hall–Kier alpha value is -1.82. The van der Waals surface area contributed by atoms with Crippen LogP contribution in [0.25, 0.3) is 0 Å². The maximum absolute atomic E-state index is 10.8. The average molecular weight is 266 g/mol. The molecule has 0 aliphatic heterocycles. The van der Waals surface area contributed by atoms with Crippen molar-refractivity contribution < 1.29 is 14.4 Å². The lowest BCUT2D eigenvalue weighted by Gasteiger charge is -2.17. The molecule has 0 amide bonds. The van der Waals surface area contributed by atoms with E-state index in [-0.39, 0.29) is 0 Å². The maximum Gasteiger partial charge on any atom is 0.336 e. The van der Waals surface area contributed by atoms with Crippen LogP contribution in [0.3, 0.4) is 0 Å². The Morgan fingerprint density at radius 2 is 2.28 bits per heavy atom. The molecule has 0 saturated heterocycles. The van der Waals surface area contributed by atoms with E-state index in [1.807, 2.05) is 25.8 Å². The van der Waals surface area contributed by atoms with E-state index >= 15 is 0 Å². The van der Waals surface area contributed by atoms with Gasteiger partial charge in [0.2, 0.25) is 0 Å². The molecule has 0 aromatic carbocycles. The number of aromatic nitrogens is 1. The predicted molar refractivity (Wildman–Crippen MR) is 69.4 cm³/mol. The van der Waals surface area contributed by atoms with Crippen molar-refractivity contribution in [3.63, 3.8) is 0 Å². The molecule has 2 aromatic heterocycles. The van der Waals surface area contributed by atoms with Gasteiger partial charge in [-0.2, -0.15) is 0 Å². The van der Waals surface area contributed by atoms with Crippen LogP contribution < -0.4 is 4.90 Å². The Balaban J connectivity index is 2.16. The predicted octanol–water partition coefficient (Wildman–Crippen LogP) is 2.69. The summed E-state index contributed by atoms with van der Waals surface area (Å²) >= 11 is 1.44. The van der Waals surface area contributed by atoms with Gasteiger partial charge >= 0.3 is 5.97 Å². The number of thiophene rings is 1. The number of carboxylic acids is 1. The van der Waals surface area contributed by atoms with Crippen LogP contribution in [-0.4, -0.2) is 23.3 Å². The first kappa shape index (κ1) is 12.6. The zero-order chi connectivity index (χ0) is 13.3. The lowest BCUT2D eigenvalue weighted by molar-refractivity contribution is 0.0697. The summed E-state index contributed by atoms with van der Waals surface area (Å²) in [5.74, 6) is -0.123. The summed E-state index contributed by atoms with van der Waals surface area (Å²) in [4.78, 5) is 13.8. The number of hydrogen-bond acceptors (Lipinski definition) is 5. The molecule has 0 radical (unpaired) electrons. The normalized spacial score (nSPS) is 10.6. The van der Waals surface area contributed by atoms with Gasteiger partial charge in [-0.3, -0.25) is 0 Å². The van der Waals surface area contributed by atoms with Gasteiger partial charge in [-0.05, 0) is 19.9 Å². The Morgan fingerprint density at radius 3 is 2.78 bits per heavy atom. The summed E-state index contributed by atoms with van der Waals surface area (Å²) in [6.07, 6.45) is 0. The molecule has 6 heteroatoms. The minimum atomic E-state index is -0.891. The van der Waals surface area contributed by atoms with E-state index in [2.05, 4.69) is 5.16 Å². The number of nitrogens with zero attached hydrogens (tertiary/aromatic N) is 2. The SMILES string of the molecule is Cc1noc(C)c1N(C)Cc1cc(C(=O)O)cs1. The van der Waals surface area contributed by atoms with Gasteiger partial charge in [0.05, 0.1) is 12.1 Å². The van der Waals surface area contributed by atoms with Crippen LogP contribution in [0, 0.1) is 13.8 Å². The molecule has 0 saturated carbocycles. The molecule has 5 nitrogen and oxygen atoms in total. The number of aromatic carboxylic acids is 1. The Labute approximate surface area is 109 Å². The number of carbonyl (C=O) groups is 1. The second-order valence-electron chi connectivity index (χ2n) is 4.14. The Bertz CT molecular complexity index is 554. The molecule has 96 valence electrons. The number of anilines is 1. The van der Waals surface area contributed by atoms with Crippen LogP contribution >= 0.6 is 11.3 Å². The highest BCUT2D eigenvalue weighted by Crippen LogP contribution is 2.26. The van der Waals surface area contributed by atoms with Crippen molar-refractivity contribution in [3.05, 3.63) is 33.3 Å². The summed E-state index contributed by atoms with van der Waals surface area (Å²) in [5.41, 5.74) is 2.13. The van der Waals surface area contributed by atoms with Crippen molar-refractivity contribution in [2.45, 2.75) is 20.4 Å². The monoisotopic (exact) mass is 266 g/mol. The summed E-state index contributed by atoms with van der Waals surface area (Å²) in [6, 6.07) is 1.70. The van der Waals surface area contributed by atoms with Gasteiger partial charge in [0.15, 0.2) is 5.76 Å². The molecular formula is C12H14N2O3S. The van der Waals surface area contributed by atoms with Gasteiger partial charge in [-0.25, -0.2) is 4.79 Å². The molecule has 0 aliphatic rings. The summed E-state index contributed by atoms with van der Waals surface area (Å²) in [6.45, 7) is 4.39. The zero-order valence-corrected chi connectivity index (χ0v) is 11.2. The average Bonchev–Trinajstić information content (AvgIpc) is 2.86. The third-order valence-electron chi connectivity index (χ3n) is 2.67. The van der Waals surface area contributed by atoms with Crippen LogP contribution in [0.5, 0.6) is 0 Å². The molecule has 0 fully saturated rings. The quantitative estimate of drug-likeness (QED) is 0.921. The largest absolute Gasteiger partial charge is 0.478 e. The smallest absolute Gasteiger partial charge is 0.336 e. The molecule has 0 atom stereocenters. The van der Waals surface area contributed by atoms with Crippen molar-refractivity contribution in [1.29, 1.82) is 0 Å². The first-order valence-corrected chi connectivity index (χ1v) is 6.31. The third kappa shape index (κ3) is 2.38. The van der Waals surface area contributed by atoms with Crippen molar-refractivity contribution in [1.82, 2.24) is 5.16 Å². The molecule has 0 spiro atoms. The second-order valence-corrected chi connectivity index (χ2v) is 5.13. The molecule has 2 aromatic rings. The highest BCUT2D eigenvalue weighted by Gasteiger charge is 2.15. The lowest BCUT2D eigenvalue weighted by atomic mass is 10.2. The zero-order valence-electron chi connectivity index (χ0n) is 10.4. The van der Waals surface area contributed by atoms with Crippen molar-refractivity contribution in [3.8, 4) is 0 Å². The summed E-state index contributed by atoms with van der Waals surface area (Å²) < 4.78 is 5.12. The summed E-state index contributed by atoms with van der Waals surface area (Å²) in [5, 5.41) is 14.4. The van der Waals surface area contributed by atoms with E-state index in [1.165, 1.54) is 11.3 Å². The highest BCUT2D eigenvalue weighted by atomic mass is 32.1. The number of hydrogen-bond donors (Lipinski definition) is 1. The van der Waals surface area contributed by atoms with Crippen LogP contribution in [0.4, 0.5) is 5.69 Å². The standard InChI is InChI=1S/C12H14N2O3S/c1-7-11(8(2)17-13-7)14(3)5-10-4-9(6-18-10)12(15)16/h4,6H,5H2,1-3H3,(H,15,16). The van der Waals surface area contributed by atoms with E-state index in [0.717, 1.165) is 22.0 Å². The fourth-order valence-corrected chi connectivity index (χ4v) is 2.82. The maximum atomic E-state index is 10.8. The first-order valence-electron chi connectivity index (χ1n) is 5.43. The minimum absolute atomic E-state index is 0.335. The second kappa shape index (κ2) is 4.81. The molecule has 2 heterocycles. The van der Waals surface area contributed by atoms with Crippen LogP contribution in [0.2, 0.25) is 0 Å². The van der Waals surface area contributed by atoms with E-state index in [0.29, 0.717) is 12.1 Å². The molecule has 2 rings (SSSR count). The molecule has 0 unspecified atom stereocenters. The van der Waals surface area contributed by atoms with Crippen molar-refractivity contribution in [2.75, 3.05) is 11.9 Å². The van der Waals surface area contributed by atoms with Crippen LogP contribution in [0.1, 0.15) is 26.7 Å². The Morgan fingerprint density at radius 1 is 1.56 bits per heavy atom. The molecule has 0 bridgehead atoms. The topological polar surface area (TPSA) is 66.6 Å². The van der Waals surface area contributed by atoms with E-state index in [4.69, 9.17) is 9.63 Å². The summed E-state index contributed by atoms with van der Waals surface area (Å²) in [7, 11) is 1.94. The van der Waals surface area contributed by atoms with Gasteiger partial charge < -0.3 is 14.5 Å². The van der Waals surface area contributed by atoms with Crippen molar-refractivity contribution in [2.24, 2.45) is 0 Å². The van der Waals surface area contributed by atoms with Crippen LogP contribution in [-0.2, 0) is 6.54 Å². The highest BCUT2D eigenvalue weighted by molar-refractivity contribution is 7.10. The van der Waals surface area contributed by atoms with Gasteiger partial charge in [0, 0.05) is 17.3 Å². The van der Waals surface area contributed by atoms with Gasteiger partial charge in [0.1, 0.15) is 11.4 Å². The van der Waals surface area contributed by atoms with Gasteiger partial charge in [-0.15, -0.1) is 11.3 Å². The van der Waals surface area contributed by atoms with Crippen molar-refractivity contribution >= 4 is 23.0 Å². The number of aryl methyl sites for hydroxylation is 2. The van der Waals surface area contributed by atoms with Crippen LogP contribution in [0.15, 0.2) is 16.0 Å². The minimum Gasteiger partial charge on any atom is -0.478 e. The van der Waals surface area contributed by atoms with Gasteiger partial charge in [-0.1, -0.05) is 5.16 Å². The fourth-order valence-electron chi connectivity index (χ4n) is 1.91. The van der Waals surface area contributed by atoms with E-state index < -0.39 is 5.97 Å². The number of carboxylic acid groups (broad SMARTS) is 1. The van der Waals surface area contributed by atoms with E-state index in [9.17, 15) is 4.79 Å². The molecule has 1 N–H and O–H groups in total. The molecule has 18 heavy (non-hydrogen) atoms. The fraction of sp³-hybridized carbons (Fsp3) is 0.333. The first-order chi connectivity index (χ1) is 8.49. The molecular weight excluding hydrogens is 252 g/mol. The lowest BCUT2D eigenvalue weighted by Crippen LogP contribution is -2.16.